The summed E-state index contributed by atoms with van der Waals surface area (Å²) in [4.78, 5) is 8.02. The molecular formula is C32H71N3O3Si. The van der Waals surface area contributed by atoms with Gasteiger partial charge in [-0.1, -0.05) is 41.5 Å². The van der Waals surface area contributed by atoms with Crippen molar-refractivity contribution in [2.75, 3.05) is 80.2 Å². The van der Waals surface area contributed by atoms with Gasteiger partial charge in [-0.3, -0.25) is 0 Å². The molecule has 0 aliphatic heterocycles. The Hall–Kier alpha value is -0.0231. The Morgan fingerprint density at radius 1 is 0.436 bits per heavy atom. The maximum absolute atomic E-state index is 6.07. The monoisotopic (exact) mass is 574 g/mol. The van der Waals surface area contributed by atoms with Gasteiger partial charge in [-0.05, 0) is 141 Å². The lowest BCUT2D eigenvalue weighted by Gasteiger charge is -2.40. The van der Waals surface area contributed by atoms with E-state index in [0.29, 0.717) is 0 Å². The fourth-order valence-electron chi connectivity index (χ4n) is 6.50. The van der Waals surface area contributed by atoms with Gasteiger partial charge >= 0.3 is 8.80 Å². The van der Waals surface area contributed by atoms with E-state index in [1.54, 1.807) is 21.3 Å². The first kappa shape index (κ1) is 39.0. The summed E-state index contributed by atoms with van der Waals surface area (Å²) < 4.78 is 18.2. The predicted molar refractivity (Wildman–Crippen MR) is 173 cm³/mol. The second kappa shape index (κ2) is 24.6. The molecule has 0 radical (unpaired) electrons. The van der Waals surface area contributed by atoms with E-state index in [2.05, 4.69) is 56.2 Å². The third kappa shape index (κ3) is 16.9. The summed E-state index contributed by atoms with van der Waals surface area (Å²) >= 11 is 0. The van der Waals surface area contributed by atoms with Crippen molar-refractivity contribution >= 4 is 8.80 Å². The SMILES string of the molecule is CCCN(CCC)CCCC(CCCN(CCC)CCC)(CCCN(CCC)CCC)C[Si](OC)(OC)OC. The smallest absolute Gasteiger partial charge is 0.377 e. The molecule has 0 atom stereocenters. The van der Waals surface area contributed by atoms with Gasteiger partial charge in [0, 0.05) is 27.4 Å². The zero-order valence-corrected chi connectivity index (χ0v) is 29.1. The van der Waals surface area contributed by atoms with E-state index in [9.17, 15) is 0 Å². The summed E-state index contributed by atoms with van der Waals surface area (Å²) in [6, 6.07) is 0.925. The first-order valence-corrected chi connectivity index (χ1v) is 18.6. The molecule has 0 spiro atoms. The van der Waals surface area contributed by atoms with E-state index >= 15 is 0 Å². The van der Waals surface area contributed by atoms with Gasteiger partial charge in [-0.2, -0.15) is 0 Å². The lowest BCUT2D eigenvalue weighted by molar-refractivity contribution is 0.0900. The van der Waals surface area contributed by atoms with Crippen LogP contribution < -0.4 is 0 Å². The van der Waals surface area contributed by atoms with Crippen LogP contribution in [0.25, 0.3) is 0 Å². The first-order chi connectivity index (χ1) is 18.9. The Morgan fingerprint density at radius 2 is 0.692 bits per heavy atom. The molecular weight excluding hydrogens is 502 g/mol. The van der Waals surface area contributed by atoms with Gasteiger partial charge in [0.15, 0.2) is 0 Å². The summed E-state index contributed by atoms with van der Waals surface area (Å²) in [5, 5.41) is 0. The summed E-state index contributed by atoms with van der Waals surface area (Å²) in [5.41, 5.74) is 0.187. The van der Waals surface area contributed by atoms with Crippen molar-refractivity contribution in [3.05, 3.63) is 0 Å². The van der Waals surface area contributed by atoms with Gasteiger partial charge in [0.2, 0.25) is 0 Å². The molecule has 0 aliphatic carbocycles. The number of nitrogens with zero attached hydrogens (tertiary/aromatic N) is 3. The maximum atomic E-state index is 6.07. The second-order valence-corrected chi connectivity index (χ2v) is 14.8. The molecule has 0 bridgehead atoms. The standard InChI is InChI=1S/C32H71N3O3Si/c1-10-22-33(23-11-2)28-16-19-32(31-39(36-7,37-8)38-9,20-17-29-34(24-12-3)25-13-4)21-18-30-35(26-14-5)27-15-6/h10-31H2,1-9H3. The molecule has 7 heteroatoms. The number of hydrogen-bond donors (Lipinski definition) is 0. The molecule has 39 heavy (non-hydrogen) atoms. The predicted octanol–water partition coefficient (Wildman–Crippen LogP) is 7.56. The Balaban J connectivity index is 5.92. The highest BCUT2D eigenvalue weighted by Gasteiger charge is 2.46. The van der Waals surface area contributed by atoms with Crippen molar-refractivity contribution in [2.45, 2.75) is 125 Å². The van der Waals surface area contributed by atoms with Crippen LogP contribution in [0.5, 0.6) is 0 Å². The van der Waals surface area contributed by atoms with E-state index in [-0.39, 0.29) is 5.41 Å². The summed E-state index contributed by atoms with van der Waals surface area (Å²) in [6.45, 7) is 24.7. The van der Waals surface area contributed by atoms with Crippen LogP contribution in [-0.4, -0.2) is 104 Å². The molecule has 0 fully saturated rings. The van der Waals surface area contributed by atoms with E-state index in [0.717, 1.165) is 6.04 Å². The molecule has 0 aromatic heterocycles. The Labute approximate surface area is 246 Å². The quantitative estimate of drug-likeness (QED) is 0.0860. The molecule has 0 aromatic carbocycles. The average molecular weight is 574 g/mol. The van der Waals surface area contributed by atoms with Crippen molar-refractivity contribution in [3.8, 4) is 0 Å². The third-order valence-corrected chi connectivity index (χ3v) is 11.4. The first-order valence-electron chi connectivity index (χ1n) is 16.7. The van der Waals surface area contributed by atoms with Crippen LogP contribution in [0.1, 0.15) is 119 Å². The Kier molecular flexibility index (Phi) is 24.5. The summed E-state index contributed by atoms with van der Waals surface area (Å²) in [7, 11) is 2.67. The second-order valence-electron chi connectivity index (χ2n) is 11.8. The normalized spacial score (nSPS) is 12.9. The van der Waals surface area contributed by atoms with Crippen LogP contribution in [0, 0.1) is 5.41 Å². The number of hydrogen-bond acceptors (Lipinski definition) is 6. The van der Waals surface area contributed by atoms with Crippen LogP contribution in [0.2, 0.25) is 6.04 Å². The third-order valence-electron chi connectivity index (χ3n) is 8.31. The van der Waals surface area contributed by atoms with Crippen molar-refractivity contribution in [1.29, 1.82) is 0 Å². The average Bonchev–Trinajstić information content (AvgIpc) is 2.92. The van der Waals surface area contributed by atoms with Gasteiger partial charge in [-0.15, -0.1) is 0 Å². The maximum Gasteiger partial charge on any atom is 0.500 e. The van der Waals surface area contributed by atoms with Gasteiger partial charge < -0.3 is 28.0 Å². The van der Waals surface area contributed by atoms with Crippen LogP contribution in [0.15, 0.2) is 0 Å². The molecule has 0 amide bonds. The minimum atomic E-state index is -2.72. The van der Waals surface area contributed by atoms with E-state index in [1.165, 1.54) is 136 Å². The van der Waals surface area contributed by atoms with Crippen LogP contribution in [-0.2, 0) is 13.3 Å². The summed E-state index contributed by atoms with van der Waals surface area (Å²) in [6.07, 6.45) is 14.8. The molecule has 0 unspecified atom stereocenters. The van der Waals surface area contributed by atoms with Gasteiger partial charge in [0.1, 0.15) is 0 Å². The van der Waals surface area contributed by atoms with E-state index in [4.69, 9.17) is 13.3 Å². The highest BCUT2D eigenvalue weighted by Crippen LogP contribution is 2.43. The van der Waals surface area contributed by atoms with Crippen LogP contribution >= 0.6 is 0 Å². The molecule has 0 saturated carbocycles. The highest BCUT2D eigenvalue weighted by molar-refractivity contribution is 6.60. The molecule has 0 aliphatic rings. The molecule has 6 nitrogen and oxygen atoms in total. The van der Waals surface area contributed by atoms with E-state index < -0.39 is 8.80 Å². The highest BCUT2D eigenvalue weighted by atomic mass is 28.4. The van der Waals surface area contributed by atoms with Crippen molar-refractivity contribution in [2.24, 2.45) is 5.41 Å². The Bertz CT molecular complexity index is 455. The number of rotatable bonds is 29. The summed E-state index contributed by atoms with van der Waals surface area (Å²) in [5.74, 6) is 0. The van der Waals surface area contributed by atoms with Crippen molar-refractivity contribution in [1.82, 2.24) is 14.7 Å². The van der Waals surface area contributed by atoms with Gasteiger partial charge in [0.25, 0.3) is 0 Å². The molecule has 0 saturated heterocycles. The fourth-order valence-corrected chi connectivity index (χ4v) is 8.88. The topological polar surface area (TPSA) is 37.4 Å². The van der Waals surface area contributed by atoms with Crippen LogP contribution in [0.4, 0.5) is 0 Å². The van der Waals surface area contributed by atoms with Crippen LogP contribution in [0.3, 0.4) is 0 Å². The lowest BCUT2D eigenvalue weighted by Crippen LogP contribution is -2.48. The van der Waals surface area contributed by atoms with Gasteiger partial charge in [0.05, 0.1) is 0 Å². The molecule has 0 aromatic rings. The molecule has 236 valence electrons. The molecule has 0 N–H and O–H groups in total. The van der Waals surface area contributed by atoms with Crippen molar-refractivity contribution < 1.29 is 13.3 Å². The Morgan fingerprint density at radius 3 is 0.897 bits per heavy atom. The minimum absolute atomic E-state index is 0.187. The lowest BCUT2D eigenvalue weighted by atomic mass is 9.76. The molecule has 0 rings (SSSR count). The molecule has 0 heterocycles. The largest absolute Gasteiger partial charge is 0.500 e. The van der Waals surface area contributed by atoms with Crippen molar-refractivity contribution in [3.63, 3.8) is 0 Å². The van der Waals surface area contributed by atoms with Gasteiger partial charge in [-0.25, -0.2) is 0 Å². The minimum Gasteiger partial charge on any atom is -0.377 e. The van der Waals surface area contributed by atoms with E-state index in [1.807, 2.05) is 0 Å². The zero-order chi connectivity index (χ0) is 29.4. The fraction of sp³-hybridized carbons (Fsp3) is 1.00. The zero-order valence-electron chi connectivity index (χ0n) is 28.1.